The molecule has 0 aromatic carbocycles. The fourth-order valence-electron chi connectivity index (χ4n) is 0.707. The van der Waals surface area contributed by atoms with Crippen molar-refractivity contribution in [1.29, 1.82) is 0 Å². The molecule has 0 amide bonds. The topological polar surface area (TPSA) is 48.4 Å². The maximum Gasteiger partial charge on any atom is 0.422 e. The van der Waals surface area contributed by atoms with Crippen LogP contribution in [-0.2, 0) is 4.74 Å². The third-order valence-corrected chi connectivity index (χ3v) is 2.63. The zero-order chi connectivity index (χ0) is 12.3. The van der Waals surface area contributed by atoms with Crippen LogP contribution >= 0.6 is 22.9 Å². The molecule has 0 aliphatic carbocycles. The number of esters is 1. The average Bonchev–Trinajstić information content (AvgIpc) is 2.55. The molecular formula is C7H5ClF3NO3S. The second kappa shape index (κ2) is 4.88. The first-order valence-corrected chi connectivity index (χ1v) is 4.97. The Bertz CT molecular complexity index is 393. The third-order valence-electron chi connectivity index (χ3n) is 1.30. The second-order valence-electron chi connectivity index (χ2n) is 2.50. The quantitative estimate of drug-likeness (QED) is 0.796. The smallest absolute Gasteiger partial charge is 0.422 e. The summed E-state index contributed by atoms with van der Waals surface area (Å²) in [6, 6.07) is 0. The number of ether oxygens (including phenoxy) is 2. The van der Waals surface area contributed by atoms with E-state index >= 15 is 0 Å². The van der Waals surface area contributed by atoms with E-state index in [4.69, 9.17) is 11.6 Å². The second-order valence-corrected chi connectivity index (χ2v) is 3.81. The third kappa shape index (κ3) is 3.53. The molecule has 0 aliphatic heterocycles. The maximum atomic E-state index is 11.8. The molecule has 0 bridgehead atoms. The molecule has 1 aromatic rings. The van der Waals surface area contributed by atoms with Crippen LogP contribution in [0.3, 0.4) is 0 Å². The Labute approximate surface area is 96.9 Å². The molecule has 0 spiro atoms. The summed E-state index contributed by atoms with van der Waals surface area (Å²) >= 11 is 6.10. The molecule has 9 heteroatoms. The van der Waals surface area contributed by atoms with Crippen molar-refractivity contribution in [3.8, 4) is 5.19 Å². The number of nitrogens with zero attached hydrogens (tertiary/aromatic N) is 1. The molecule has 0 N–H and O–H groups in total. The molecule has 0 saturated carbocycles. The first-order chi connectivity index (χ1) is 7.33. The van der Waals surface area contributed by atoms with Gasteiger partial charge in [-0.3, -0.25) is 0 Å². The number of carbonyl (C=O) groups is 1. The minimum atomic E-state index is -4.47. The lowest BCUT2D eigenvalue weighted by Gasteiger charge is -2.05. The molecule has 0 aliphatic rings. The molecular weight excluding hydrogens is 271 g/mol. The molecule has 1 rings (SSSR count). The van der Waals surface area contributed by atoms with Crippen molar-refractivity contribution >= 4 is 28.9 Å². The summed E-state index contributed by atoms with van der Waals surface area (Å²) in [5.74, 6) is -0.774. The van der Waals surface area contributed by atoms with Gasteiger partial charge in [-0.1, -0.05) is 22.9 Å². The van der Waals surface area contributed by atoms with Crippen molar-refractivity contribution in [2.24, 2.45) is 0 Å². The van der Waals surface area contributed by atoms with E-state index in [1.807, 2.05) is 0 Å². The Hall–Kier alpha value is -1.02. The molecule has 1 aromatic heterocycles. The summed E-state index contributed by atoms with van der Waals surface area (Å²) < 4.78 is 44.1. The summed E-state index contributed by atoms with van der Waals surface area (Å²) in [6.07, 6.45) is -4.47. The molecule has 0 saturated heterocycles. The summed E-state index contributed by atoms with van der Waals surface area (Å²) in [4.78, 5) is 14.4. The van der Waals surface area contributed by atoms with Crippen LogP contribution in [0.4, 0.5) is 13.2 Å². The predicted molar refractivity (Wildman–Crippen MR) is 50.0 cm³/mol. The molecule has 90 valence electrons. The number of halogens is 4. The molecule has 0 fully saturated rings. The van der Waals surface area contributed by atoms with Gasteiger partial charge in [0, 0.05) is 0 Å². The number of rotatable bonds is 3. The first-order valence-electron chi connectivity index (χ1n) is 3.77. The molecule has 4 nitrogen and oxygen atoms in total. The average molecular weight is 276 g/mol. The largest absolute Gasteiger partial charge is 0.465 e. The van der Waals surface area contributed by atoms with Crippen LogP contribution in [0.25, 0.3) is 0 Å². The van der Waals surface area contributed by atoms with Gasteiger partial charge in [0.15, 0.2) is 16.6 Å². The molecule has 0 radical (unpaired) electrons. The SMILES string of the molecule is COC(=O)c1sc(OCC(F)(F)F)nc1Cl. The minimum absolute atomic E-state index is 0.0960. The van der Waals surface area contributed by atoms with Crippen LogP contribution in [0.5, 0.6) is 5.19 Å². The molecule has 0 unspecified atom stereocenters. The summed E-state index contributed by atoms with van der Waals surface area (Å²) in [7, 11) is 1.12. The van der Waals surface area contributed by atoms with Crippen molar-refractivity contribution in [3.63, 3.8) is 0 Å². The molecule has 16 heavy (non-hydrogen) atoms. The van der Waals surface area contributed by atoms with Gasteiger partial charge in [0.2, 0.25) is 0 Å². The molecule has 0 atom stereocenters. The van der Waals surface area contributed by atoms with E-state index in [1.165, 1.54) is 0 Å². The van der Waals surface area contributed by atoms with Crippen LogP contribution in [0, 0.1) is 0 Å². The van der Waals surface area contributed by atoms with Gasteiger partial charge < -0.3 is 9.47 Å². The maximum absolute atomic E-state index is 11.8. The summed E-state index contributed by atoms with van der Waals surface area (Å²) in [5.41, 5.74) is 0. The number of hydrogen-bond donors (Lipinski definition) is 0. The van der Waals surface area contributed by atoms with Crippen molar-refractivity contribution < 1.29 is 27.4 Å². The van der Waals surface area contributed by atoms with Crippen molar-refractivity contribution in [3.05, 3.63) is 10.0 Å². The monoisotopic (exact) mass is 275 g/mol. The van der Waals surface area contributed by atoms with Gasteiger partial charge in [-0.15, -0.1) is 0 Å². The van der Waals surface area contributed by atoms with E-state index in [2.05, 4.69) is 14.5 Å². The number of hydrogen-bond acceptors (Lipinski definition) is 5. The lowest BCUT2D eigenvalue weighted by Crippen LogP contribution is -2.19. The Kier molecular flexibility index (Phi) is 3.98. The fraction of sp³-hybridized carbons (Fsp3) is 0.429. The van der Waals surface area contributed by atoms with Crippen molar-refractivity contribution in [1.82, 2.24) is 4.98 Å². The first kappa shape index (κ1) is 13.0. The van der Waals surface area contributed by atoms with Crippen molar-refractivity contribution in [2.75, 3.05) is 13.7 Å². The normalized spacial score (nSPS) is 11.3. The number of aromatic nitrogens is 1. The van der Waals surface area contributed by atoms with Crippen molar-refractivity contribution in [2.45, 2.75) is 6.18 Å². The highest BCUT2D eigenvalue weighted by Crippen LogP contribution is 2.30. The number of carbonyl (C=O) groups excluding carboxylic acids is 1. The Balaban J connectivity index is 2.74. The minimum Gasteiger partial charge on any atom is -0.465 e. The number of alkyl halides is 3. The lowest BCUT2D eigenvalue weighted by atomic mass is 10.6. The highest BCUT2D eigenvalue weighted by molar-refractivity contribution is 7.15. The highest BCUT2D eigenvalue weighted by atomic mass is 35.5. The van der Waals surface area contributed by atoms with E-state index < -0.39 is 18.8 Å². The van der Waals surface area contributed by atoms with Gasteiger partial charge in [0.05, 0.1) is 7.11 Å². The lowest BCUT2D eigenvalue weighted by molar-refractivity contribution is -0.153. The zero-order valence-corrected chi connectivity index (χ0v) is 9.37. The van der Waals surface area contributed by atoms with Gasteiger partial charge in [0.25, 0.3) is 5.19 Å². The zero-order valence-electron chi connectivity index (χ0n) is 7.80. The Morgan fingerprint density at radius 1 is 1.56 bits per heavy atom. The standard InChI is InChI=1S/C7H5ClF3NO3S/c1-14-5(13)3-4(8)12-6(16-3)15-2-7(9,10)11/h2H2,1H3. The predicted octanol–water partition coefficient (Wildman–Crippen LogP) is 2.52. The van der Waals surface area contributed by atoms with Crippen LogP contribution in [0.1, 0.15) is 9.67 Å². The van der Waals surface area contributed by atoms with E-state index in [9.17, 15) is 18.0 Å². The van der Waals surface area contributed by atoms with Gasteiger partial charge in [-0.25, -0.2) is 4.79 Å². The molecule has 1 heterocycles. The fourth-order valence-corrected chi connectivity index (χ4v) is 1.75. The summed E-state index contributed by atoms with van der Waals surface area (Å²) in [6.45, 7) is -1.49. The van der Waals surface area contributed by atoms with Crippen LogP contribution < -0.4 is 4.74 Å². The van der Waals surface area contributed by atoms with E-state index in [-0.39, 0.29) is 15.2 Å². The van der Waals surface area contributed by atoms with Crippen LogP contribution in [-0.4, -0.2) is 30.8 Å². The van der Waals surface area contributed by atoms with Gasteiger partial charge >= 0.3 is 12.1 Å². The number of thiazole rings is 1. The van der Waals surface area contributed by atoms with E-state index in [1.54, 1.807) is 0 Å². The van der Waals surface area contributed by atoms with Gasteiger partial charge in [-0.05, 0) is 0 Å². The van der Waals surface area contributed by atoms with Gasteiger partial charge in [0.1, 0.15) is 0 Å². The van der Waals surface area contributed by atoms with E-state index in [0.717, 1.165) is 7.11 Å². The van der Waals surface area contributed by atoms with Gasteiger partial charge in [-0.2, -0.15) is 18.2 Å². The summed E-state index contributed by atoms with van der Waals surface area (Å²) in [5, 5.41) is -0.572. The number of methoxy groups -OCH3 is 1. The van der Waals surface area contributed by atoms with Crippen LogP contribution in [0.15, 0.2) is 0 Å². The van der Waals surface area contributed by atoms with Crippen LogP contribution in [0.2, 0.25) is 5.15 Å². The Morgan fingerprint density at radius 3 is 2.69 bits per heavy atom. The van der Waals surface area contributed by atoms with E-state index in [0.29, 0.717) is 11.3 Å². The highest BCUT2D eigenvalue weighted by Gasteiger charge is 2.29. The Morgan fingerprint density at radius 2 is 2.19 bits per heavy atom.